The maximum absolute atomic E-state index is 12.3. The van der Waals surface area contributed by atoms with E-state index in [1.807, 2.05) is 0 Å². The number of hydrogen-bond acceptors (Lipinski definition) is 7. The fraction of sp³-hybridized carbons (Fsp3) is 0.462. The Bertz CT molecular complexity index is 642. The van der Waals surface area contributed by atoms with Crippen molar-refractivity contribution in [2.24, 2.45) is 0 Å². The van der Waals surface area contributed by atoms with Gasteiger partial charge >= 0.3 is 0 Å². The number of carbonyl (C=O) groups is 1. The van der Waals surface area contributed by atoms with Gasteiger partial charge in [-0.3, -0.25) is 4.79 Å². The van der Waals surface area contributed by atoms with Crippen molar-refractivity contribution < 1.29 is 26.7 Å². The lowest BCUT2D eigenvalue weighted by molar-refractivity contribution is -0.0243. The van der Waals surface area contributed by atoms with Gasteiger partial charge in [0.05, 0.1) is 18.1 Å². The summed E-state index contributed by atoms with van der Waals surface area (Å²) in [6.07, 6.45) is 4.44. The lowest BCUT2D eigenvalue weighted by atomic mass is 10.3. The summed E-state index contributed by atoms with van der Waals surface area (Å²) in [5.41, 5.74) is 0.126. The Hall–Kier alpha value is -1.94. The standard InChI is InChI=1S/C8H8F2N2O2.C5H9NO2S/c1-8(9,10)5-14-7-3-11-6(4-13)2-12-7;1-6-5-2-3-9(7,8)4-5/h2-4H,5H2,1H3;2-3,5-6H,4H2,1H3. The average Bonchev–Trinajstić information content (AvgIpc) is 2.85. The Morgan fingerprint density at radius 2 is 2.13 bits per heavy atom. The van der Waals surface area contributed by atoms with Gasteiger partial charge in [-0.25, -0.2) is 27.2 Å². The molecule has 1 aliphatic rings. The van der Waals surface area contributed by atoms with E-state index in [1.165, 1.54) is 5.41 Å². The van der Waals surface area contributed by atoms with Crippen molar-refractivity contribution in [1.82, 2.24) is 15.3 Å². The molecule has 0 spiro atoms. The van der Waals surface area contributed by atoms with Crippen molar-refractivity contribution >= 4 is 16.1 Å². The average molecular weight is 349 g/mol. The molecule has 2 heterocycles. The highest BCUT2D eigenvalue weighted by molar-refractivity contribution is 7.94. The summed E-state index contributed by atoms with van der Waals surface area (Å²) in [7, 11) is -1.10. The zero-order valence-electron chi connectivity index (χ0n) is 12.6. The number of nitrogens with zero attached hydrogens (tertiary/aromatic N) is 2. The molecular formula is C13H17F2N3O4S. The molecule has 10 heteroatoms. The van der Waals surface area contributed by atoms with Crippen LogP contribution < -0.4 is 10.1 Å². The van der Waals surface area contributed by atoms with Gasteiger partial charge in [-0.2, -0.15) is 0 Å². The van der Waals surface area contributed by atoms with Crippen LogP contribution in [-0.2, 0) is 9.84 Å². The summed E-state index contributed by atoms with van der Waals surface area (Å²) in [5.74, 6) is -2.73. The van der Waals surface area contributed by atoms with E-state index in [0.717, 1.165) is 19.3 Å². The number of rotatable bonds is 5. The SMILES string of the molecule is CC(F)(F)COc1cnc(C=O)cn1.CNC1C=CS(=O)(=O)C1. The van der Waals surface area contributed by atoms with Gasteiger partial charge in [-0.1, -0.05) is 6.08 Å². The van der Waals surface area contributed by atoms with Crippen LogP contribution in [0.4, 0.5) is 8.78 Å². The minimum Gasteiger partial charge on any atom is -0.470 e. The van der Waals surface area contributed by atoms with Crippen LogP contribution in [0.2, 0.25) is 0 Å². The second kappa shape index (κ2) is 8.06. The van der Waals surface area contributed by atoms with Gasteiger partial charge in [-0.05, 0) is 7.05 Å². The summed E-state index contributed by atoms with van der Waals surface area (Å²) in [4.78, 5) is 17.4. The van der Waals surface area contributed by atoms with Gasteiger partial charge < -0.3 is 10.1 Å². The number of likely N-dealkylation sites (N-methyl/N-ethyl adjacent to an activating group) is 1. The molecular weight excluding hydrogens is 332 g/mol. The van der Waals surface area contributed by atoms with Crippen LogP contribution in [0.25, 0.3) is 0 Å². The Morgan fingerprint density at radius 1 is 1.43 bits per heavy atom. The van der Waals surface area contributed by atoms with Crippen LogP contribution in [0.5, 0.6) is 5.88 Å². The molecule has 0 bridgehead atoms. The first-order valence-electron chi connectivity index (χ1n) is 6.51. The van der Waals surface area contributed by atoms with E-state index < -0.39 is 22.4 Å². The lowest BCUT2D eigenvalue weighted by Crippen LogP contribution is -2.25. The van der Waals surface area contributed by atoms with Gasteiger partial charge in [0.2, 0.25) is 5.88 Å². The van der Waals surface area contributed by atoms with Gasteiger partial charge in [-0.15, -0.1) is 0 Å². The molecule has 0 fully saturated rings. The fourth-order valence-electron chi connectivity index (χ4n) is 1.42. The van der Waals surface area contributed by atoms with Crippen LogP contribution in [0.1, 0.15) is 17.4 Å². The zero-order chi connectivity index (χ0) is 17.5. The second-order valence-corrected chi connectivity index (χ2v) is 6.74. The predicted octanol–water partition coefficient (Wildman–Crippen LogP) is 0.840. The maximum atomic E-state index is 12.3. The van der Waals surface area contributed by atoms with Crippen molar-refractivity contribution in [3.63, 3.8) is 0 Å². The number of halogens is 2. The van der Waals surface area contributed by atoms with Crippen LogP contribution >= 0.6 is 0 Å². The first-order chi connectivity index (χ1) is 10.6. The molecule has 0 radical (unpaired) electrons. The monoisotopic (exact) mass is 349 g/mol. The Balaban J connectivity index is 0.000000253. The molecule has 0 saturated carbocycles. The maximum Gasteiger partial charge on any atom is 0.278 e. The van der Waals surface area contributed by atoms with Crippen molar-refractivity contribution in [2.45, 2.75) is 18.9 Å². The van der Waals surface area contributed by atoms with E-state index in [-0.39, 0.29) is 23.4 Å². The lowest BCUT2D eigenvalue weighted by Gasteiger charge is -2.10. The Morgan fingerprint density at radius 3 is 2.48 bits per heavy atom. The molecule has 0 aliphatic carbocycles. The molecule has 1 unspecified atom stereocenters. The van der Waals surface area contributed by atoms with E-state index in [9.17, 15) is 22.0 Å². The number of ether oxygens (including phenoxy) is 1. The summed E-state index contributed by atoms with van der Waals surface area (Å²) in [6, 6.07) is 0.0231. The molecule has 0 aromatic carbocycles. The van der Waals surface area contributed by atoms with Crippen molar-refractivity contribution in [2.75, 3.05) is 19.4 Å². The molecule has 1 N–H and O–H groups in total. The normalized spacial score (nSPS) is 18.9. The minimum absolute atomic E-state index is 0.0231. The number of nitrogens with one attached hydrogen (secondary N) is 1. The first-order valence-corrected chi connectivity index (χ1v) is 8.23. The minimum atomic E-state index is -2.91. The molecule has 2 rings (SSSR count). The van der Waals surface area contributed by atoms with Crippen LogP contribution in [0.15, 0.2) is 23.9 Å². The largest absolute Gasteiger partial charge is 0.470 e. The van der Waals surface area contributed by atoms with Gasteiger partial charge in [0.1, 0.15) is 5.69 Å². The number of aromatic nitrogens is 2. The molecule has 0 amide bonds. The highest BCUT2D eigenvalue weighted by Gasteiger charge is 2.22. The summed E-state index contributed by atoms with van der Waals surface area (Å²) in [6.45, 7) is -0.0255. The molecule has 128 valence electrons. The number of aldehydes is 1. The molecule has 23 heavy (non-hydrogen) atoms. The number of carbonyl (C=O) groups excluding carboxylic acids is 1. The molecule has 1 aromatic rings. The molecule has 1 aromatic heterocycles. The third-order valence-corrected chi connectivity index (χ3v) is 3.94. The van der Waals surface area contributed by atoms with Gasteiger partial charge in [0.15, 0.2) is 22.7 Å². The first kappa shape index (κ1) is 19.1. The number of hydrogen-bond donors (Lipinski definition) is 1. The van der Waals surface area contributed by atoms with E-state index in [4.69, 9.17) is 0 Å². The predicted molar refractivity (Wildman–Crippen MR) is 79.3 cm³/mol. The molecule has 7 nitrogen and oxygen atoms in total. The van der Waals surface area contributed by atoms with Gasteiger partial charge in [0.25, 0.3) is 5.92 Å². The zero-order valence-corrected chi connectivity index (χ0v) is 13.4. The van der Waals surface area contributed by atoms with E-state index in [2.05, 4.69) is 20.0 Å². The van der Waals surface area contributed by atoms with Crippen molar-refractivity contribution in [3.8, 4) is 5.88 Å². The second-order valence-electron chi connectivity index (χ2n) is 4.81. The Labute approximate surface area is 132 Å². The van der Waals surface area contributed by atoms with E-state index in [0.29, 0.717) is 6.29 Å². The number of alkyl halides is 2. The summed E-state index contributed by atoms with van der Waals surface area (Å²) >= 11 is 0. The Kier molecular flexibility index (Phi) is 6.70. The van der Waals surface area contributed by atoms with Crippen LogP contribution in [-0.4, -0.2) is 56.0 Å². The third-order valence-electron chi connectivity index (χ3n) is 2.54. The quantitative estimate of drug-likeness (QED) is 0.787. The highest BCUT2D eigenvalue weighted by Crippen LogP contribution is 2.13. The van der Waals surface area contributed by atoms with Crippen molar-refractivity contribution in [1.29, 1.82) is 0 Å². The molecule has 0 saturated heterocycles. The van der Waals surface area contributed by atoms with Crippen LogP contribution in [0, 0.1) is 0 Å². The highest BCUT2D eigenvalue weighted by atomic mass is 32.2. The van der Waals surface area contributed by atoms with E-state index >= 15 is 0 Å². The van der Waals surface area contributed by atoms with Crippen LogP contribution in [0.3, 0.4) is 0 Å². The molecule has 1 aliphatic heterocycles. The fourth-order valence-corrected chi connectivity index (χ4v) is 2.74. The third kappa shape index (κ3) is 7.75. The van der Waals surface area contributed by atoms with Crippen molar-refractivity contribution in [3.05, 3.63) is 29.6 Å². The smallest absolute Gasteiger partial charge is 0.278 e. The van der Waals surface area contributed by atoms with E-state index in [1.54, 1.807) is 13.1 Å². The number of sulfone groups is 1. The summed E-state index contributed by atoms with van der Waals surface area (Å²) < 4.78 is 50.6. The topological polar surface area (TPSA) is 98.2 Å². The summed E-state index contributed by atoms with van der Waals surface area (Å²) in [5, 5.41) is 4.11. The molecule has 1 atom stereocenters. The van der Waals surface area contributed by atoms with Gasteiger partial charge in [0, 0.05) is 18.4 Å².